The van der Waals surface area contributed by atoms with Crippen LogP contribution in [0.5, 0.6) is 0 Å². The van der Waals surface area contributed by atoms with E-state index < -0.39 is 5.60 Å². The van der Waals surface area contributed by atoms with Gasteiger partial charge in [0.15, 0.2) is 0 Å². The zero-order valence-corrected chi connectivity index (χ0v) is 18.8. The number of hydrogen-bond acceptors (Lipinski definition) is 5. The van der Waals surface area contributed by atoms with E-state index in [0.29, 0.717) is 43.1 Å². The molecule has 1 aromatic heterocycles. The highest BCUT2D eigenvalue weighted by Crippen LogP contribution is 2.34. The lowest BCUT2D eigenvalue weighted by molar-refractivity contribution is 0.0204. The first-order chi connectivity index (χ1) is 15.1. The molecule has 1 amide bonds. The number of halogens is 2. The summed E-state index contributed by atoms with van der Waals surface area (Å²) in [6, 6.07) is 4.61. The van der Waals surface area contributed by atoms with Crippen LogP contribution in [0.3, 0.4) is 0 Å². The summed E-state index contributed by atoms with van der Waals surface area (Å²) in [7, 11) is 0. The maximum absolute atomic E-state index is 14.9. The summed E-state index contributed by atoms with van der Waals surface area (Å²) < 4.78 is 34.8. The number of nitrogens with two attached hydrogens (primary N) is 1. The molecular weight excluding hydrogens is 414 g/mol. The summed E-state index contributed by atoms with van der Waals surface area (Å²) >= 11 is 0. The molecule has 2 aliphatic rings. The molecule has 8 heteroatoms. The number of amides is 1. The molecular formula is C24H30F2N4O2. The van der Waals surface area contributed by atoms with Crippen molar-refractivity contribution in [2.45, 2.75) is 58.1 Å². The largest absolute Gasteiger partial charge is 0.444 e. The number of rotatable bonds is 3. The average molecular weight is 445 g/mol. The summed E-state index contributed by atoms with van der Waals surface area (Å²) in [6.45, 7) is 7.47. The van der Waals surface area contributed by atoms with Crippen molar-refractivity contribution >= 4 is 17.5 Å². The van der Waals surface area contributed by atoms with Crippen molar-refractivity contribution in [3.63, 3.8) is 0 Å². The minimum absolute atomic E-state index is 0.137. The van der Waals surface area contributed by atoms with Crippen LogP contribution in [0.15, 0.2) is 24.4 Å². The molecule has 1 aromatic carbocycles. The molecule has 0 atom stereocenters. The van der Waals surface area contributed by atoms with Gasteiger partial charge in [-0.3, -0.25) is 4.98 Å². The van der Waals surface area contributed by atoms with E-state index in [1.807, 2.05) is 25.7 Å². The Hall–Kier alpha value is -2.90. The van der Waals surface area contributed by atoms with Crippen LogP contribution in [0.4, 0.5) is 25.0 Å². The Morgan fingerprint density at radius 3 is 2.53 bits per heavy atom. The van der Waals surface area contributed by atoms with Crippen molar-refractivity contribution in [3.8, 4) is 0 Å². The molecule has 2 N–H and O–H groups in total. The van der Waals surface area contributed by atoms with Gasteiger partial charge in [-0.05, 0) is 75.3 Å². The maximum Gasteiger partial charge on any atom is 0.410 e. The van der Waals surface area contributed by atoms with Gasteiger partial charge in [-0.15, -0.1) is 0 Å². The third kappa shape index (κ3) is 4.79. The number of nitrogens with zero attached hydrogens (tertiary/aromatic N) is 3. The summed E-state index contributed by atoms with van der Waals surface area (Å²) in [5.41, 5.74) is 8.06. The van der Waals surface area contributed by atoms with Gasteiger partial charge < -0.3 is 20.3 Å². The van der Waals surface area contributed by atoms with Crippen LogP contribution in [-0.4, -0.2) is 41.2 Å². The Bertz CT molecular complexity index is 1010. The van der Waals surface area contributed by atoms with Gasteiger partial charge in [-0.25, -0.2) is 13.6 Å². The van der Waals surface area contributed by atoms with Crippen molar-refractivity contribution in [1.82, 2.24) is 9.88 Å². The van der Waals surface area contributed by atoms with Crippen molar-refractivity contribution in [1.29, 1.82) is 0 Å². The van der Waals surface area contributed by atoms with E-state index in [2.05, 4.69) is 4.98 Å². The number of pyridine rings is 1. The van der Waals surface area contributed by atoms with Crippen LogP contribution in [-0.2, 0) is 17.7 Å². The second-order valence-electron chi connectivity index (χ2n) is 9.62. The summed E-state index contributed by atoms with van der Waals surface area (Å²) in [5, 5.41) is 0. The number of carbonyl (C=O) groups excluding carboxylic acids is 1. The monoisotopic (exact) mass is 444 g/mol. The molecule has 6 nitrogen and oxygen atoms in total. The van der Waals surface area contributed by atoms with Crippen molar-refractivity contribution in [2.24, 2.45) is 0 Å². The predicted octanol–water partition coefficient (Wildman–Crippen LogP) is 4.62. The number of nitrogen functional groups attached to an aromatic ring is 1. The summed E-state index contributed by atoms with van der Waals surface area (Å²) in [5.74, 6) is -0.634. The van der Waals surface area contributed by atoms with Gasteiger partial charge in [-0.2, -0.15) is 0 Å². The molecule has 0 unspecified atom stereocenters. The van der Waals surface area contributed by atoms with E-state index >= 15 is 0 Å². The lowest BCUT2D eigenvalue weighted by Crippen LogP contribution is -2.41. The van der Waals surface area contributed by atoms with E-state index in [0.717, 1.165) is 24.0 Å². The first kappa shape index (κ1) is 22.3. The molecule has 2 aliphatic heterocycles. The van der Waals surface area contributed by atoms with Gasteiger partial charge >= 0.3 is 6.09 Å². The number of ether oxygens (including phenoxy) is 1. The van der Waals surface area contributed by atoms with Crippen LogP contribution >= 0.6 is 0 Å². The van der Waals surface area contributed by atoms with Crippen molar-refractivity contribution in [3.05, 3.63) is 52.9 Å². The van der Waals surface area contributed by atoms with Gasteiger partial charge in [0.2, 0.25) is 0 Å². The van der Waals surface area contributed by atoms with Crippen LogP contribution < -0.4 is 10.6 Å². The number of hydrogen-bond donors (Lipinski definition) is 1. The quantitative estimate of drug-likeness (QED) is 0.700. The average Bonchev–Trinajstić information content (AvgIpc) is 3.11. The zero-order valence-electron chi connectivity index (χ0n) is 18.8. The summed E-state index contributed by atoms with van der Waals surface area (Å²) in [6.07, 6.45) is 3.53. The number of piperidine rings is 1. The molecule has 0 radical (unpaired) electrons. The highest BCUT2D eigenvalue weighted by molar-refractivity contribution is 5.68. The van der Waals surface area contributed by atoms with E-state index in [1.54, 1.807) is 17.2 Å². The lowest BCUT2D eigenvalue weighted by Gasteiger charge is -2.33. The van der Waals surface area contributed by atoms with Crippen LogP contribution in [0.1, 0.15) is 56.4 Å². The van der Waals surface area contributed by atoms with Gasteiger partial charge in [0, 0.05) is 31.5 Å². The SMILES string of the molecule is CC(C)(C)OC(=O)N1CCC(c2cnc(CN3CCc4cc(N)cc(F)c43)c(F)c2)CC1. The number of likely N-dealkylation sites (tertiary alicyclic amines) is 1. The normalized spacial score (nSPS) is 16.9. The molecule has 1 saturated heterocycles. The summed E-state index contributed by atoms with van der Waals surface area (Å²) in [4.78, 5) is 20.1. The zero-order chi connectivity index (χ0) is 23.0. The minimum Gasteiger partial charge on any atom is -0.444 e. The predicted molar refractivity (Wildman–Crippen MR) is 120 cm³/mol. The molecule has 2 aromatic rings. The molecule has 0 bridgehead atoms. The van der Waals surface area contributed by atoms with Gasteiger partial charge in [-0.1, -0.05) is 0 Å². The molecule has 172 valence electrons. The number of anilines is 2. The fraction of sp³-hybridized carbons (Fsp3) is 0.500. The molecule has 0 aliphatic carbocycles. The number of carbonyl (C=O) groups is 1. The lowest BCUT2D eigenvalue weighted by atomic mass is 9.90. The van der Waals surface area contributed by atoms with Gasteiger partial charge in [0.25, 0.3) is 0 Å². The maximum atomic E-state index is 14.9. The Labute approximate surface area is 187 Å². The van der Waals surface area contributed by atoms with Crippen LogP contribution in [0.2, 0.25) is 0 Å². The van der Waals surface area contributed by atoms with E-state index in [4.69, 9.17) is 10.5 Å². The fourth-order valence-electron chi connectivity index (χ4n) is 4.47. The smallest absolute Gasteiger partial charge is 0.410 e. The second-order valence-corrected chi connectivity index (χ2v) is 9.62. The third-order valence-corrected chi connectivity index (χ3v) is 6.03. The first-order valence-corrected chi connectivity index (χ1v) is 11.1. The van der Waals surface area contributed by atoms with Crippen molar-refractivity contribution < 1.29 is 18.3 Å². The topological polar surface area (TPSA) is 71.7 Å². The molecule has 0 saturated carbocycles. The Morgan fingerprint density at radius 1 is 1.16 bits per heavy atom. The Morgan fingerprint density at radius 2 is 1.88 bits per heavy atom. The van der Waals surface area contributed by atoms with Gasteiger partial charge in [0.05, 0.1) is 17.9 Å². The third-order valence-electron chi connectivity index (χ3n) is 6.03. The van der Waals surface area contributed by atoms with E-state index in [-0.39, 0.29) is 30.2 Å². The van der Waals surface area contributed by atoms with Crippen LogP contribution in [0, 0.1) is 11.6 Å². The molecule has 4 rings (SSSR count). The highest BCUT2D eigenvalue weighted by Gasteiger charge is 2.29. The molecule has 32 heavy (non-hydrogen) atoms. The fourth-order valence-corrected chi connectivity index (χ4v) is 4.47. The number of fused-ring (bicyclic) bond motifs is 1. The second kappa shape index (κ2) is 8.56. The molecule has 3 heterocycles. The van der Waals surface area contributed by atoms with Crippen LogP contribution in [0.25, 0.3) is 0 Å². The van der Waals surface area contributed by atoms with Gasteiger partial charge in [0.1, 0.15) is 17.2 Å². The highest BCUT2D eigenvalue weighted by atomic mass is 19.1. The van der Waals surface area contributed by atoms with E-state index in [9.17, 15) is 13.6 Å². The minimum atomic E-state index is -0.526. The Kier molecular flexibility index (Phi) is 5.97. The number of benzene rings is 1. The molecule has 0 spiro atoms. The Balaban J connectivity index is 1.40. The van der Waals surface area contributed by atoms with Crippen molar-refractivity contribution in [2.75, 3.05) is 30.3 Å². The standard InChI is InChI=1S/C24H30F2N4O2/c1-24(2,3)32-23(31)29-7-4-15(5-8-29)17-11-19(25)21(28-13-17)14-30-9-6-16-10-18(27)12-20(26)22(16)30/h10-13,15H,4-9,14,27H2,1-3H3. The molecule has 1 fully saturated rings. The van der Waals surface area contributed by atoms with E-state index in [1.165, 1.54) is 12.1 Å². The first-order valence-electron chi connectivity index (χ1n) is 11.1. The number of aromatic nitrogens is 1.